The summed E-state index contributed by atoms with van der Waals surface area (Å²) < 4.78 is 4.82. The third-order valence-corrected chi connectivity index (χ3v) is 3.32. The highest BCUT2D eigenvalue weighted by molar-refractivity contribution is 5.83. The van der Waals surface area contributed by atoms with Gasteiger partial charge in [-0.1, -0.05) is 49.4 Å². The number of hydrogen-bond acceptors (Lipinski definition) is 2. The van der Waals surface area contributed by atoms with Crippen LogP contribution in [0.1, 0.15) is 18.9 Å². The molecule has 0 fully saturated rings. The molecule has 0 bridgehead atoms. The number of carbonyl (C=O) groups is 1. The molecule has 2 heteroatoms. The third-order valence-electron chi connectivity index (χ3n) is 3.32. The number of benzene rings is 2. The van der Waals surface area contributed by atoms with Crippen LogP contribution < -0.4 is 0 Å². The van der Waals surface area contributed by atoms with E-state index in [4.69, 9.17) is 4.74 Å². The molecule has 0 heterocycles. The molecule has 2 rings (SSSR count). The zero-order valence-corrected chi connectivity index (χ0v) is 10.8. The third kappa shape index (κ3) is 2.70. The zero-order valence-electron chi connectivity index (χ0n) is 10.8. The van der Waals surface area contributed by atoms with Crippen LogP contribution in [-0.2, 0) is 16.0 Å². The minimum absolute atomic E-state index is 0.0452. The summed E-state index contributed by atoms with van der Waals surface area (Å²) in [5.41, 5.74) is 1.19. The molecule has 2 aromatic rings. The standard InChI is InChI=1S/C16H18O2/c1-3-13(16(17)18-2)10-12-8-9-14-6-4-5-7-15(14)11-12/h4-9,11,13H,3,10H2,1-2H3. The van der Waals surface area contributed by atoms with Crippen molar-refractivity contribution in [3.63, 3.8) is 0 Å². The van der Waals surface area contributed by atoms with Gasteiger partial charge in [-0.05, 0) is 29.2 Å². The van der Waals surface area contributed by atoms with E-state index in [0.717, 1.165) is 12.8 Å². The van der Waals surface area contributed by atoms with Crippen molar-refractivity contribution in [2.24, 2.45) is 5.92 Å². The van der Waals surface area contributed by atoms with Crippen molar-refractivity contribution in [2.75, 3.05) is 7.11 Å². The lowest BCUT2D eigenvalue weighted by atomic mass is 9.95. The lowest BCUT2D eigenvalue weighted by Crippen LogP contribution is -2.17. The smallest absolute Gasteiger partial charge is 0.308 e. The minimum Gasteiger partial charge on any atom is -0.469 e. The summed E-state index contributed by atoms with van der Waals surface area (Å²) in [5, 5.41) is 2.45. The van der Waals surface area contributed by atoms with E-state index in [1.165, 1.54) is 23.4 Å². The van der Waals surface area contributed by atoms with Crippen LogP contribution in [0.3, 0.4) is 0 Å². The molecule has 0 amide bonds. The van der Waals surface area contributed by atoms with Crippen LogP contribution in [0, 0.1) is 5.92 Å². The minimum atomic E-state index is -0.120. The average Bonchev–Trinajstić information content (AvgIpc) is 2.43. The Morgan fingerprint density at radius 1 is 1.17 bits per heavy atom. The number of hydrogen-bond donors (Lipinski definition) is 0. The lowest BCUT2D eigenvalue weighted by Gasteiger charge is -2.12. The monoisotopic (exact) mass is 242 g/mol. The van der Waals surface area contributed by atoms with Gasteiger partial charge in [-0.15, -0.1) is 0 Å². The van der Waals surface area contributed by atoms with Crippen LogP contribution >= 0.6 is 0 Å². The van der Waals surface area contributed by atoms with Gasteiger partial charge in [-0.25, -0.2) is 0 Å². The van der Waals surface area contributed by atoms with E-state index in [0.29, 0.717) is 0 Å². The van der Waals surface area contributed by atoms with Crippen LogP contribution in [0.5, 0.6) is 0 Å². The maximum Gasteiger partial charge on any atom is 0.308 e. The maximum absolute atomic E-state index is 11.6. The predicted octanol–water partition coefficient (Wildman–Crippen LogP) is 3.58. The van der Waals surface area contributed by atoms with Crippen molar-refractivity contribution in [1.82, 2.24) is 0 Å². The van der Waals surface area contributed by atoms with Gasteiger partial charge < -0.3 is 4.74 Å². The fourth-order valence-corrected chi connectivity index (χ4v) is 2.21. The number of rotatable bonds is 4. The van der Waals surface area contributed by atoms with Crippen LogP contribution in [-0.4, -0.2) is 13.1 Å². The molecule has 1 unspecified atom stereocenters. The fourth-order valence-electron chi connectivity index (χ4n) is 2.21. The second-order valence-electron chi connectivity index (χ2n) is 4.51. The van der Waals surface area contributed by atoms with Crippen molar-refractivity contribution in [2.45, 2.75) is 19.8 Å². The van der Waals surface area contributed by atoms with Crippen molar-refractivity contribution >= 4 is 16.7 Å². The van der Waals surface area contributed by atoms with Gasteiger partial charge in [-0.2, -0.15) is 0 Å². The van der Waals surface area contributed by atoms with Crippen LogP contribution in [0.15, 0.2) is 42.5 Å². The predicted molar refractivity (Wildman–Crippen MR) is 73.4 cm³/mol. The largest absolute Gasteiger partial charge is 0.469 e. The summed E-state index contributed by atoms with van der Waals surface area (Å²) in [6.07, 6.45) is 1.55. The molecule has 0 radical (unpaired) electrons. The molecule has 0 aliphatic heterocycles. The Hall–Kier alpha value is -1.83. The highest BCUT2D eigenvalue weighted by Gasteiger charge is 2.17. The number of carbonyl (C=O) groups excluding carboxylic acids is 1. The highest BCUT2D eigenvalue weighted by Crippen LogP contribution is 2.19. The average molecular weight is 242 g/mol. The Balaban J connectivity index is 2.23. The van der Waals surface area contributed by atoms with Gasteiger partial charge in [0, 0.05) is 0 Å². The lowest BCUT2D eigenvalue weighted by molar-refractivity contribution is -0.145. The molecule has 0 N–H and O–H groups in total. The molecule has 0 saturated heterocycles. The summed E-state index contributed by atoms with van der Waals surface area (Å²) >= 11 is 0. The van der Waals surface area contributed by atoms with E-state index in [-0.39, 0.29) is 11.9 Å². The van der Waals surface area contributed by atoms with E-state index in [1.807, 2.05) is 19.1 Å². The molecule has 0 aromatic heterocycles. The van der Waals surface area contributed by atoms with E-state index in [2.05, 4.69) is 30.3 Å². The van der Waals surface area contributed by atoms with Crippen molar-refractivity contribution in [3.05, 3.63) is 48.0 Å². The molecule has 1 atom stereocenters. The van der Waals surface area contributed by atoms with Gasteiger partial charge in [0.2, 0.25) is 0 Å². The first-order chi connectivity index (χ1) is 8.74. The van der Waals surface area contributed by atoms with E-state index < -0.39 is 0 Å². The Kier molecular flexibility index (Phi) is 3.98. The number of methoxy groups -OCH3 is 1. The maximum atomic E-state index is 11.6. The summed E-state index contributed by atoms with van der Waals surface area (Å²) in [6.45, 7) is 2.02. The van der Waals surface area contributed by atoms with Crippen molar-refractivity contribution in [3.8, 4) is 0 Å². The van der Waals surface area contributed by atoms with Crippen molar-refractivity contribution in [1.29, 1.82) is 0 Å². The molecular weight excluding hydrogens is 224 g/mol. The van der Waals surface area contributed by atoms with E-state index in [1.54, 1.807) is 0 Å². The SMILES string of the molecule is CCC(Cc1ccc2ccccc2c1)C(=O)OC. The number of ether oxygens (including phenoxy) is 1. The number of fused-ring (bicyclic) bond motifs is 1. The van der Waals surface area contributed by atoms with Gasteiger partial charge in [0.15, 0.2) is 0 Å². The quantitative estimate of drug-likeness (QED) is 0.766. The van der Waals surface area contributed by atoms with Crippen LogP contribution in [0.4, 0.5) is 0 Å². The first-order valence-corrected chi connectivity index (χ1v) is 6.30. The first kappa shape index (κ1) is 12.6. The fraction of sp³-hybridized carbons (Fsp3) is 0.312. The molecule has 0 saturated carbocycles. The summed E-state index contributed by atoms with van der Waals surface area (Å²) in [7, 11) is 1.45. The topological polar surface area (TPSA) is 26.3 Å². The van der Waals surface area contributed by atoms with Gasteiger partial charge >= 0.3 is 5.97 Å². The Bertz CT molecular complexity index is 546. The van der Waals surface area contributed by atoms with Crippen LogP contribution in [0.2, 0.25) is 0 Å². The zero-order chi connectivity index (χ0) is 13.0. The van der Waals surface area contributed by atoms with Gasteiger partial charge in [0.1, 0.15) is 0 Å². The molecular formula is C16H18O2. The Morgan fingerprint density at radius 3 is 2.56 bits per heavy atom. The summed E-state index contributed by atoms with van der Waals surface area (Å²) in [6, 6.07) is 14.6. The molecule has 0 aliphatic carbocycles. The number of esters is 1. The summed E-state index contributed by atoms with van der Waals surface area (Å²) in [4.78, 5) is 11.6. The molecule has 0 spiro atoms. The normalized spacial score (nSPS) is 12.3. The second kappa shape index (κ2) is 5.67. The Labute approximate surface area is 108 Å². The van der Waals surface area contributed by atoms with E-state index >= 15 is 0 Å². The molecule has 94 valence electrons. The van der Waals surface area contributed by atoms with Gasteiger partial charge in [-0.3, -0.25) is 4.79 Å². The highest BCUT2D eigenvalue weighted by atomic mass is 16.5. The molecule has 2 nitrogen and oxygen atoms in total. The van der Waals surface area contributed by atoms with Crippen molar-refractivity contribution < 1.29 is 9.53 Å². The van der Waals surface area contributed by atoms with Gasteiger partial charge in [0.05, 0.1) is 13.0 Å². The molecule has 0 aliphatic rings. The van der Waals surface area contributed by atoms with E-state index in [9.17, 15) is 4.79 Å². The molecule has 2 aromatic carbocycles. The summed E-state index contributed by atoms with van der Waals surface area (Å²) in [5.74, 6) is -0.165. The van der Waals surface area contributed by atoms with Gasteiger partial charge in [0.25, 0.3) is 0 Å². The molecule has 18 heavy (non-hydrogen) atoms. The van der Waals surface area contributed by atoms with Crippen LogP contribution in [0.25, 0.3) is 10.8 Å². The second-order valence-corrected chi connectivity index (χ2v) is 4.51. The Morgan fingerprint density at radius 2 is 1.89 bits per heavy atom. The first-order valence-electron chi connectivity index (χ1n) is 6.30.